The molecule has 0 radical (unpaired) electrons. The topological polar surface area (TPSA) is 56.1 Å². The van der Waals surface area contributed by atoms with Gasteiger partial charge in [-0.3, -0.25) is 0 Å². The monoisotopic (exact) mass is 195 g/mol. The summed E-state index contributed by atoms with van der Waals surface area (Å²) in [7, 11) is 1.38. The molecule has 0 aromatic carbocycles. The molecule has 0 atom stereocenters. The molecule has 1 N–H and O–H groups in total. The number of methoxy groups -OCH3 is 1. The van der Waals surface area contributed by atoms with Crippen molar-refractivity contribution in [2.24, 2.45) is 0 Å². The molecule has 0 saturated carbocycles. The maximum atomic E-state index is 11.5. The Hall–Kier alpha value is -1.52. The van der Waals surface area contributed by atoms with Gasteiger partial charge in [-0.1, -0.05) is 0 Å². The van der Waals surface area contributed by atoms with Crippen LogP contribution < -0.4 is 5.32 Å². The van der Waals surface area contributed by atoms with Crippen LogP contribution in [0.15, 0.2) is 0 Å². The predicted molar refractivity (Wildman–Crippen MR) is 51.4 cm³/mol. The Bertz CT molecular complexity index is 370. The minimum absolute atomic E-state index is 0.321. The van der Waals surface area contributed by atoms with Gasteiger partial charge >= 0.3 is 5.97 Å². The fourth-order valence-corrected chi connectivity index (χ4v) is 1.70. The summed E-state index contributed by atoms with van der Waals surface area (Å²) in [6.07, 6.45) is 1.04. The van der Waals surface area contributed by atoms with Crippen LogP contribution in [0.5, 0.6) is 0 Å². The third-order valence-corrected chi connectivity index (χ3v) is 2.36. The van der Waals surface area contributed by atoms with Crippen molar-refractivity contribution in [1.82, 2.24) is 9.78 Å². The van der Waals surface area contributed by atoms with Crippen LogP contribution in [0.3, 0.4) is 0 Å². The van der Waals surface area contributed by atoms with Gasteiger partial charge in [-0.25, -0.2) is 9.48 Å². The van der Waals surface area contributed by atoms with Gasteiger partial charge in [0.25, 0.3) is 0 Å². The molecule has 1 aliphatic rings. The van der Waals surface area contributed by atoms with Crippen LogP contribution in [-0.4, -0.2) is 29.4 Å². The number of aryl methyl sites for hydroxylation is 2. The SMILES string of the molecule is COC(=O)c1c(C)nn2c1NCCC2. The van der Waals surface area contributed by atoms with E-state index in [0.717, 1.165) is 31.0 Å². The third kappa shape index (κ3) is 1.25. The molecule has 0 unspecified atom stereocenters. The van der Waals surface area contributed by atoms with Crippen molar-refractivity contribution < 1.29 is 9.53 Å². The normalized spacial score (nSPS) is 14.4. The third-order valence-electron chi connectivity index (χ3n) is 2.36. The van der Waals surface area contributed by atoms with E-state index in [2.05, 4.69) is 10.4 Å². The van der Waals surface area contributed by atoms with E-state index < -0.39 is 0 Å². The molecule has 5 heteroatoms. The molecule has 76 valence electrons. The number of ether oxygens (including phenoxy) is 1. The molecule has 0 bridgehead atoms. The van der Waals surface area contributed by atoms with E-state index in [-0.39, 0.29) is 5.97 Å². The number of aromatic nitrogens is 2. The summed E-state index contributed by atoms with van der Waals surface area (Å²) < 4.78 is 6.53. The Kier molecular flexibility index (Phi) is 2.15. The lowest BCUT2D eigenvalue weighted by molar-refractivity contribution is 0.0601. The van der Waals surface area contributed by atoms with Crippen LogP contribution in [0, 0.1) is 6.92 Å². The van der Waals surface area contributed by atoms with Gasteiger partial charge in [0.15, 0.2) is 0 Å². The second kappa shape index (κ2) is 3.32. The number of carbonyl (C=O) groups is 1. The highest BCUT2D eigenvalue weighted by Gasteiger charge is 2.23. The molecule has 5 nitrogen and oxygen atoms in total. The first-order valence-corrected chi connectivity index (χ1v) is 4.63. The number of esters is 1. The number of carbonyl (C=O) groups excluding carboxylic acids is 1. The summed E-state index contributed by atoms with van der Waals surface area (Å²) in [5, 5.41) is 7.44. The van der Waals surface area contributed by atoms with Gasteiger partial charge in [0.05, 0.1) is 12.8 Å². The molecule has 2 heterocycles. The van der Waals surface area contributed by atoms with Crippen molar-refractivity contribution in [3.8, 4) is 0 Å². The summed E-state index contributed by atoms with van der Waals surface area (Å²) in [6.45, 7) is 3.56. The van der Waals surface area contributed by atoms with E-state index in [9.17, 15) is 4.79 Å². The second-order valence-corrected chi connectivity index (χ2v) is 3.30. The summed E-state index contributed by atoms with van der Waals surface area (Å²) in [4.78, 5) is 11.5. The Morgan fingerprint density at radius 2 is 2.43 bits per heavy atom. The van der Waals surface area contributed by atoms with Crippen LogP contribution in [0.25, 0.3) is 0 Å². The van der Waals surface area contributed by atoms with Crippen LogP contribution in [0.1, 0.15) is 22.5 Å². The summed E-state index contributed by atoms with van der Waals surface area (Å²) in [5.74, 6) is 0.471. The molecule has 14 heavy (non-hydrogen) atoms. The average molecular weight is 195 g/mol. The smallest absolute Gasteiger partial charge is 0.343 e. The Morgan fingerprint density at radius 1 is 1.64 bits per heavy atom. The van der Waals surface area contributed by atoms with Crippen molar-refractivity contribution >= 4 is 11.8 Å². The second-order valence-electron chi connectivity index (χ2n) is 3.30. The first kappa shape index (κ1) is 9.05. The molecule has 0 fully saturated rings. The lowest BCUT2D eigenvalue weighted by Crippen LogP contribution is -2.19. The van der Waals surface area contributed by atoms with Gasteiger partial charge in [0.1, 0.15) is 11.4 Å². The molecule has 0 spiro atoms. The molecule has 1 aromatic rings. The fraction of sp³-hybridized carbons (Fsp3) is 0.556. The highest BCUT2D eigenvalue weighted by molar-refractivity contribution is 5.96. The highest BCUT2D eigenvalue weighted by atomic mass is 16.5. The minimum atomic E-state index is -0.321. The summed E-state index contributed by atoms with van der Waals surface area (Å²) in [5.41, 5.74) is 1.29. The zero-order valence-corrected chi connectivity index (χ0v) is 8.33. The molecular weight excluding hydrogens is 182 g/mol. The van der Waals surface area contributed by atoms with E-state index >= 15 is 0 Å². The van der Waals surface area contributed by atoms with E-state index in [4.69, 9.17) is 4.74 Å². The summed E-state index contributed by atoms with van der Waals surface area (Å²) in [6, 6.07) is 0. The van der Waals surface area contributed by atoms with E-state index in [1.165, 1.54) is 7.11 Å². The van der Waals surface area contributed by atoms with E-state index in [0.29, 0.717) is 5.56 Å². The molecule has 1 aliphatic heterocycles. The predicted octanol–water partition coefficient (Wildman–Crippen LogP) is 0.794. The molecule has 0 amide bonds. The van der Waals surface area contributed by atoms with Gasteiger partial charge in [0.2, 0.25) is 0 Å². The van der Waals surface area contributed by atoms with E-state index in [1.807, 2.05) is 11.6 Å². The Morgan fingerprint density at radius 3 is 3.14 bits per heavy atom. The number of nitrogens with zero attached hydrogens (tertiary/aromatic N) is 2. The van der Waals surface area contributed by atoms with Gasteiger partial charge in [0, 0.05) is 13.1 Å². The minimum Gasteiger partial charge on any atom is -0.465 e. The zero-order valence-electron chi connectivity index (χ0n) is 8.33. The number of rotatable bonds is 1. The van der Waals surface area contributed by atoms with Crippen molar-refractivity contribution in [3.63, 3.8) is 0 Å². The van der Waals surface area contributed by atoms with Crippen LogP contribution in [0.4, 0.5) is 5.82 Å². The maximum absolute atomic E-state index is 11.5. The fourth-order valence-electron chi connectivity index (χ4n) is 1.70. The Labute approximate surface area is 82.0 Å². The first-order chi connectivity index (χ1) is 6.74. The molecule has 1 aromatic heterocycles. The van der Waals surface area contributed by atoms with Gasteiger partial charge < -0.3 is 10.1 Å². The number of anilines is 1. The largest absolute Gasteiger partial charge is 0.465 e. The van der Waals surface area contributed by atoms with Crippen molar-refractivity contribution in [2.45, 2.75) is 19.9 Å². The lowest BCUT2D eigenvalue weighted by Gasteiger charge is -2.16. The number of hydrogen-bond acceptors (Lipinski definition) is 4. The quantitative estimate of drug-likeness (QED) is 0.673. The zero-order chi connectivity index (χ0) is 10.1. The number of fused-ring (bicyclic) bond motifs is 1. The first-order valence-electron chi connectivity index (χ1n) is 4.63. The van der Waals surface area contributed by atoms with Crippen molar-refractivity contribution in [3.05, 3.63) is 11.3 Å². The highest BCUT2D eigenvalue weighted by Crippen LogP contribution is 2.23. The summed E-state index contributed by atoms with van der Waals surface area (Å²) >= 11 is 0. The Balaban J connectivity index is 2.47. The lowest BCUT2D eigenvalue weighted by atomic mass is 10.2. The average Bonchev–Trinajstić information content (AvgIpc) is 2.53. The van der Waals surface area contributed by atoms with Gasteiger partial charge in [-0.2, -0.15) is 5.10 Å². The van der Waals surface area contributed by atoms with Gasteiger partial charge in [-0.05, 0) is 13.3 Å². The van der Waals surface area contributed by atoms with Crippen molar-refractivity contribution in [2.75, 3.05) is 19.0 Å². The van der Waals surface area contributed by atoms with Gasteiger partial charge in [-0.15, -0.1) is 0 Å². The maximum Gasteiger partial charge on any atom is 0.343 e. The number of hydrogen-bond donors (Lipinski definition) is 1. The van der Waals surface area contributed by atoms with Crippen LogP contribution >= 0.6 is 0 Å². The molecular formula is C9H13N3O2. The molecule has 0 aliphatic carbocycles. The van der Waals surface area contributed by atoms with Crippen LogP contribution in [0.2, 0.25) is 0 Å². The van der Waals surface area contributed by atoms with Crippen molar-refractivity contribution in [1.29, 1.82) is 0 Å². The van der Waals surface area contributed by atoms with Crippen LogP contribution in [-0.2, 0) is 11.3 Å². The molecule has 0 saturated heterocycles. The number of nitrogens with one attached hydrogen (secondary N) is 1. The van der Waals surface area contributed by atoms with E-state index in [1.54, 1.807) is 0 Å². The molecule has 2 rings (SSSR count). The standard InChI is InChI=1S/C9H13N3O2/c1-6-7(9(13)14-2)8-10-4-3-5-12(8)11-6/h10H,3-5H2,1-2H3.